The molecule has 5 rings (SSSR count). The van der Waals surface area contributed by atoms with Crippen molar-refractivity contribution in [2.24, 2.45) is 7.05 Å². The summed E-state index contributed by atoms with van der Waals surface area (Å²) in [4.78, 5) is 31.5. The fraction of sp³-hybridized carbons (Fsp3) is 0.214. The number of nitrogens with zero attached hydrogens (tertiary/aromatic N) is 6. The van der Waals surface area contributed by atoms with Crippen LogP contribution in [0.2, 0.25) is 5.02 Å². The zero-order valence-electron chi connectivity index (χ0n) is 21.8. The van der Waals surface area contributed by atoms with Crippen LogP contribution in [0.1, 0.15) is 48.7 Å². The Bertz CT molecular complexity index is 1710. The second kappa shape index (κ2) is 10.0. The Morgan fingerprint density at radius 3 is 2.62 bits per heavy atom. The van der Waals surface area contributed by atoms with Gasteiger partial charge in [-0.1, -0.05) is 23.7 Å². The highest BCUT2D eigenvalue weighted by atomic mass is 35.5. The third-order valence-electron chi connectivity index (χ3n) is 6.21. The van der Waals surface area contributed by atoms with Gasteiger partial charge in [-0.2, -0.15) is 5.10 Å². The molecule has 198 valence electrons. The second-order valence-electron chi connectivity index (χ2n) is 9.76. The van der Waals surface area contributed by atoms with Crippen LogP contribution in [0.5, 0.6) is 0 Å². The highest BCUT2D eigenvalue weighted by Gasteiger charge is 2.24. The topological polar surface area (TPSA) is 145 Å². The van der Waals surface area contributed by atoms with Crippen molar-refractivity contribution in [3.05, 3.63) is 83.0 Å². The number of hydrogen-bond donors (Lipinski definition) is 3. The highest BCUT2D eigenvalue weighted by Crippen LogP contribution is 2.34. The number of benzene rings is 1. The summed E-state index contributed by atoms with van der Waals surface area (Å²) in [7, 11) is 1.79. The maximum absolute atomic E-state index is 13.4. The van der Waals surface area contributed by atoms with Gasteiger partial charge in [0.1, 0.15) is 17.0 Å². The number of anilines is 1. The smallest absolute Gasteiger partial charge is 0.274 e. The lowest BCUT2D eigenvalue weighted by Crippen LogP contribution is -2.30. The molecule has 0 radical (unpaired) electrons. The summed E-state index contributed by atoms with van der Waals surface area (Å²) < 4.78 is 1.64. The molecule has 39 heavy (non-hydrogen) atoms. The maximum Gasteiger partial charge on any atom is 0.274 e. The first kappa shape index (κ1) is 26.2. The molecule has 1 unspecified atom stereocenters. The van der Waals surface area contributed by atoms with E-state index in [1.807, 2.05) is 18.2 Å². The lowest BCUT2D eigenvalue weighted by molar-refractivity contribution is 0.0735. The molecule has 0 aliphatic heterocycles. The van der Waals surface area contributed by atoms with Gasteiger partial charge in [-0.3, -0.25) is 19.4 Å². The van der Waals surface area contributed by atoms with Gasteiger partial charge in [-0.05, 0) is 57.2 Å². The van der Waals surface area contributed by atoms with Crippen molar-refractivity contribution >= 4 is 34.2 Å². The number of carbonyl (C=O) groups is 1. The molecule has 0 fully saturated rings. The van der Waals surface area contributed by atoms with Crippen LogP contribution in [-0.4, -0.2) is 40.7 Å². The van der Waals surface area contributed by atoms with E-state index in [2.05, 4.69) is 25.4 Å². The predicted octanol–water partition coefficient (Wildman–Crippen LogP) is 4.44. The number of hydrogen-bond acceptors (Lipinski definition) is 8. The van der Waals surface area contributed by atoms with Gasteiger partial charge >= 0.3 is 0 Å². The molecule has 4 heterocycles. The third kappa shape index (κ3) is 5.29. The Morgan fingerprint density at radius 1 is 1.10 bits per heavy atom. The number of carbonyl (C=O) groups excluding carboxylic acids is 1. The molecule has 4 N–H and O–H groups in total. The normalized spacial score (nSPS) is 12.5. The Morgan fingerprint density at radius 2 is 1.90 bits per heavy atom. The van der Waals surface area contributed by atoms with Gasteiger partial charge in [-0.25, -0.2) is 9.97 Å². The number of aromatic nitrogens is 6. The van der Waals surface area contributed by atoms with Gasteiger partial charge in [0, 0.05) is 30.4 Å². The second-order valence-corrected chi connectivity index (χ2v) is 10.2. The van der Waals surface area contributed by atoms with E-state index in [1.165, 1.54) is 0 Å². The molecule has 0 bridgehead atoms. The molecule has 11 heteroatoms. The van der Waals surface area contributed by atoms with Gasteiger partial charge in [0.05, 0.1) is 33.7 Å². The van der Waals surface area contributed by atoms with Crippen molar-refractivity contribution in [2.75, 3.05) is 5.73 Å². The largest absolute Gasteiger partial charge is 0.384 e. The standard InChI is InChI=1S/C28H27ClN8O2/c1-15(19-8-5-9-21(33-19)28(2,3)39)32-27(38)25-26(30)35-24(20-10-12-37(4)36-20)23(34-25)17-13-16-7-6-11-31-22(16)18(29)14-17/h5-15,39H,1-4H3,(H2,30,35)(H,32,38). The molecule has 0 saturated carbocycles. The molecule has 0 spiro atoms. The van der Waals surface area contributed by atoms with Crippen molar-refractivity contribution in [1.29, 1.82) is 0 Å². The first-order chi connectivity index (χ1) is 18.5. The third-order valence-corrected chi connectivity index (χ3v) is 6.50. The van der Waals surface area contributed by atoms with E-state index < -0.39 is 17.6 Å². The number of nitrogen functional groups attached to an aromatic ring is 1. The van der Waals surface area contributed by atoms with Crippen molar-refractivity contribution in [1.82, 2.24) is 35.0 Å². The Labute approximate surface area is 229 Å². The van der Waals surface area contributed by atoms with E-state index in [1.54, 1.807) is 75.2 Å². The van der Waals surface area contributed by atoms with Crippen molar-refractivity contribution in [3.63, 3.8) is 0 Å². The number of rotatable bonds is 6. The monoisotopic (exact) mass is 542 g/mol. The van der Waals surface area contributed by atoms with Crippen molar-refractivity contribution in [3.8, 4) is 22.6 Å². The summed E-state index contributed by atoms with van der Waals surface area (Å²) in [5.41, 5.74) is 8.82. The van der Waals surface area contributed by atoms with Gasteiger partial charge in [0.25, 0.3) is 5.91 Å². The number of nitrogens with one attached hydrogen (secondary N) is 1. The van der Waals surface area contributed by atoms with Crippen LogP contribution >= 0.6 is 11.6 Å². The van der Waals surface area contributed by atoms with Crippen LogP contribution in [0.4, 0.5) is 5.82 Å². The van der Waals surface area contributed by atoms with Crippen LogP contribution in [0.25, 0.3) is 33.5 Å². The molecule has 0 aliphatic carbocycles. The number of amides is 1. The molecule has 1 amide bonds. The number of fused-ring (bicyclic) bond motifs is 1. The Hall–Kier alpha value is -4.41. The molecule has 0 aliphatic rings. The van der Waals surface area contributed by atoms with Crippen LogP contribution in [-0.2, 0) is 12.6 Å². The molecule has 10 nitrogen and oxygen atoms in total. The summed E-state index contributed by atoms with van der Waals surface area (Å²) in [5, 5.41) is 18.9. The summed E-state index contributed by atoms with van der Waals surface area (Å²) in [6, 6.07) is 13.9. The number of halogens is 1. The van der Waals surface area contributed by atoms with Crippen LogP contribution in [0.15, 0.2) is 60.9 Å². The van der Waals surface area contributed by atoms with E-state index in [9.17, 15) is 9.90 Å². The number of pyridine rings is 2. The zero-order chi connectivity index (χ0) is 27.9. The Balaban J connectivity index is 1.57. The van der Waals surface area contributed by atoms with E-state index in [-0.39, 0.29) is 11.5 Å². The van der Waals surface area contributed by atoms with Gasteiger partial charge in [0.15, 0.2) is 11.5 Å². The van der Waals surface area contributed by atoms with E-state index in [0.717, 1.165) is 5.39 Å². The lowest BCUT2D eigenvalue weighted by atomic mass is 10.0. The summed E-state index contributed by atoms with van der Waals surface area (Å²) in [6.45, 7) is 5.09. The molecule has 1 aromatic carbocycles. The summed E-state index contributed by atoms with van der Waals surface area (Å²) >= 11 is 6.57. The zero-order valence-corrected chi connectivity index (χ0v) is 22.6. The molecule has 1 atom stereocenters. The SMILES string of the molecule is CC(NC(=O)c1nc(-c2cc(Cl)c3ncccc3c2)c(-c2ccn(C)n2)nc1N)c1cccc(C(C)(C)O)n1. The quantitative estimate of drug-likeness (QED) is 0.285. The summed E-state index contributed by atoms with van der Waals surface area (Å²) in [5.74, 6) is -0.568. The minimum Gasteiger partial charge on any atom is -0.384 e. The predicted molar refractivity (Wildman–Crippen MR) is 150 cm³/mol. The first-order valence-electron chi connectivity index (χ1n) is 12.2. The maximum atomic E-state index is 13.4. The van der Waals surface area contributed by atoms with Crippen LogP contribution in [0, 0.1) is 0 Å². The first-order valence-corrected chi connectivity index (χ1v) is 12.6. The molecule has 4 aromatic heterocycles. The molecule has 5 aromatic rings. The number of nitrogens with two attached hydrogens (primary N) is 1. The average Bonchev–Trinajstić information content (AvgIpc) is 3.34. The average molecular weight is 543 g/mol. The highest BCUT2D eigenvalue weighted by molar-refractivity contribution is 6.35. The van der Waals surface area contributed by atoms with Crippen LogP contribution in [0.3, 0.4) is 0 Å². The van der Waals surface area contributed by atoms with Crippen molar-refractivity contribution < 1.29 is 9.90 Å². The fourth-order valence-corrected chi connectivity index (χ4v) is 4.47. The lowest BCUT2D eigenvalue weighted by Gasteiger charge is -2.20. The minimum absolute atomic E-state index is 0.0439. The van der Waals surface area contributed by atoms with Gasteiger partial charge < -0.3 is 16.2 Å². The molecular formula is C28H27ClN8O2. The van der Waals surface area contributed by atoms with Crippen LogP contribution < -0.4 is 11.1 Å². The summed E-state index contributed by atoms with van der Waals surface area (Å²) in [6.07, 6.45) is 3.46. The molecule has 0 saturated heterocycles. The van der Waals surface area contributed by atoms with Gasteiger partial charge in [-0.15, -0.1) is 0 Å². The van der Waals surface area contributed by atoms with E-state index >= 15 is 0 Å². The number of aryl methyl sites for hydroxylation is 1. The Kier molecular flexibility index (Phi) is 6.75. The number of aliphatic hydroxyl groups is 1. The van der Waals surface area contributed by atoms with Crippen molar-refractivity contribution in [2.45, 2.75) is 32.4 Å². The van der Waals surface area contributed by atoms with E-state index in [4.69, 9.17) is 22.3 Å². The fourth-order valence-electron chi connectivity index (χ4n) is 4.19. The minimum atomic E-state index is -1.12. The van der Waals surface area contributed by atoms with Gasteiger partial charge in [0.2, 0.25) is 0 Å². The molecular weight excluding hydrogens is 516 g/mol. The van der Waals surface area contributed by atoms with E-state index in [0.29, 0.717) is 44.6 Å².